The Morgan fingerprint density at radius 2 is 1.85 bits per heavy atom. The maximum atomic E-state index is 5.36. The predicted octanol–water partition coefficient (Wildman–Crippen LogP) is 3.80. The highest BCUT2D eigenvalue weighted by Gasteiger charge is 2.13. The van der Waals surface area contributed by atoms with E-state index in [1.54, 1.807) is 25.6 Å². The highest BCUT2D eigenvalue weighted by molar-refractivity contribution is 7.17. The molecule has 0 atom stereocenters. The highest BCUT2D eigenvalue weighted by Crippen LogP contribution is 2.30. The van der Waals surface area contributed by atoms with Crippen molar-refractivity contribution in [3.63, 3.8) is 0 Å². The zero-order valence-corrected chi connectivity index (χ0v) is 16.9. The zero-order valence-electron chi connectivity index (χ0n) is 16.1. The first-order valence-electron chi connectivity index (χ1n) is 8.91. The number of aromatic nitrogens is 3. The minimum atomic E-state index is 0.655. The summed E-state index contributed by atoms with van der Waals surface area (Å²) in [6.45, 7) is 6.75. The standard InChI is InChI=1S/C19H25N5O2S/c1-5-23(6-2)18-21-22-19(27-18)24-11-7-8-15(24)13-20-14-9-10-16(25-3)17(12-14)26-4/h7-12,20H,5-6,13H2,1-4H3. The molecule has 7 nitrogen and oxygen atoms in total. The molecule has 3 rings (SSSR count). The van der Waals surface area contributed by atoms with E-state index in [4.69, 9.17) is 9.47 Å². The van der Waals surface area contributed by atoms with Crippen LogP contribution < -0.4 is 19.7 Å². The van der Waals surface area contributed by atoms with Gasteiger partial charge in [-0.2, -0.15) is 0 Å². The summed E-state index contributed by atoms with van der Waals surface area (Å²) in [5, 5.41) is 13.9. The Hall–Kier alpha value is -2.74. The van der Waals surface area contributed by atoms with Gasteiger partial charge in [-0.25, -0.2) is 0 Å². The lowest BCUT2D eigenvalue weighted by Crippen LogP contribution is -2.21. The van der Waals surface area contributed by atoms with E-state index >= 15 is 0 Å². The van der Waals surface area contributed by atoms with Crippen LogP contribution in [0.2, 0.25) is 0 Å². The largest absolute Gasteiger partial charge is 0.493 e. The average molecular weight is 388 g/mol. The molecule has 0 aliphatic rings. The fraction of sp³-hybridized carbons (Fsp3) is 0.368. The van der Waals surface area contributed by atoms with Gasteiger partial charge in [-0.1, -0.05) is 11.3 Å². The average Bonchev–Trinajstić information content (AvgIpc) is 3.36. The Kier molecular flexibility index (Phi) is 6.18. The van der Waals surface area contributed by atoms with Gasteiger partial charge in [0, 0.05) is 36.7 Å². The minimum Gasteiger partial charge on any atom is -0.493 e. The SMILES string of the molecule is CCN(CC)c1nnc(-n2cccc2CNc2ccc(OC)c(OC)c2)s1. The Morgan fingerprint density at radius 3 is 2.56 bits per heavy atom. The van der Waals surface area contributed by atoms with Crippen molar-refractivity contribution in [1.29, 1.82) is 0 Å². The van der Waals surface area contributed by atoms with Crippen molar-refractivity contribution in [2.45, 2.75) is 20.4 Å². The van der Waals surface area contributed by atoms with Crippen molar-refractivity contribution in [2.24, 2.45) is 0 Å². The summed E-state index contributed by atoms with van der Waals surface area (Å²) in [5.74, 6) is 1.41. The summed E-state index contributed by atoms with van der Waals surface area (Å²) in [4.78, 5) is 2.20. The molecule has 0 radical (unpaired) electrons. The second kappa shape index (κ2) is 8.77. The normalized spacial score (nSPS) is 10.7. The van der Waals surface area contributed by atoms with Crippen LogP contribution in [0.15, 0.2) is 36.5 Å². The number of nitrogens with zero attached hydrogens (tertiary/aromatic N) is 4. The van der Waals surface area contributed by atoms with Gasteiger partial charge in [0.05, 0.1) is 20.8 Å². The van der Waals surface area contributed by atoms with Crippen molar-refractivity contribution in [3.8, 4) is 16.6 Å². The predicted molar refractivity (Wildman–Crippen MR) is 110 cm³/mol. The van der Waals surface area contributed by atoms with Gasteiger partial charge in [0.2, 0.25) is 10.3 Å². The molecular formula is C19H25N5O2S. The molecule has 0 spiro atoms. The number of anilines is 2. The van der Waals surface area contributed by atoms with E-state index in [2.05, 4.69) is 44.9 Å². The number of hydrogen-bond donors (Lipinski definition) is 1. The van der Waals surface area contributed by atoms with Crippen LogP contribution in [0.5, 0.6) is 11.5 Å². The summed E-state index contributed by atoms with van der Waals surface area (Å²) in [6.07, 6.45) is 2.01. The fourth-order valence-electron chi connectivity index (χ4n) is 2.81. The third kappa shape index (κ3) is 4.16. The van der Waals surface area contributed by atoms with Gasteiger partial charge < -0.3 is 19.7 Å². The molecule has 1 N–H and O–H groups in total. The maximum absolute atomic E-state index is 5.36. The molecule has 2 aromatic heterocycles. The lowest BCUT2D eigenvalue weighted by molar-refractivity contribution is 0.355. The van der Waals surface area contributed by atoms with Crippen LogP contribution in [0.1, 0.15) is 19.5 Å². The Bertz CT molecular complexity index is 873. The smallest absolute Gasteiger partial charge is 0.218 e. The number of nitrogens with one attached hydrogen (secondary N) is 1. The van der Waals surface area contributed by atoms with Crippen LogP contribution >= 0.6 is 11.3 Å². The van der Waals surface area contributed by atoms with Crippen molar-refractivity contribution >= 4 is 22.2 Å². The van der Waals surface area contributed by atoms with Crippen molar-refractivity contribution in [1.82, 2.24) is 14.8 Å². The molecule has 0 amide bonds. The molecule has 0 aliphatic carbocycles. The summed E-state index contributed by atoms with van der Waals surface area (Å²) < 4.78 is 12.7. The van der Waals surface area contributed by atoms with Gasteiger partial charge in [-0.15, -0.1) is 10.2 Å². The quantitative estimate of drug-likeness (QED) is 0.602. The first kappa shape index (κ1) is 19.0. The highest BCUT2D eigenvalue weighted by atomic mass is 32.1. The van der Waals surface area contributed by atoms with E-state index in [0.29, 0.717) is 18.0 Å². The van der Waals surface area contributed by atoms with Gasteiger partial charge in [-0.3, -0.25) is 4.57 Å². The number of benzene rings is 1. The van der Waals surface area contributed by atoms with Crippen molar-refractivity contribution < 1.29 is 9.47 Å². The zero-order chi connectivity index (χ0) is 19.2. The molecule has 144 valence electrons. The fourth-order valence-corrected chi connectivity index (χ4v) is 3.80. The Balaban J connectivity index is 1.74. The summed E-state index contributed by atoms with van der Waals surface area (Å²) in [7, 11) is 3.27. The lowest BCUT2D eigenvalue weighted by atomic mass is 10.2. The van der Waals surface area contributed by atoms with Crippen LogP contribution in [-0.2, 0) is 6.54 Å². The Morgan fingerprint density at radius 1 is 1.07 bits per heavy atom. The van der Waals surface area contributed by atoms with Gasteiger partial charge in [0.1, 0.15) is 0 Å². The van der Waals surface area contributed by atoms with Gasteiger partial charge in [0.15, 0.2) is 11.5 Å². The lowest BCUT2D eigenvalue weighted by Gasteiger charge is -2.15. The monoisotopic (exact) mass is 387 g/mol. The molecule has 0 aliphatic heterocycles. The topological polar surface area (TPSA) is 64.4 Å². The minimum absolute atomic E-state index is 0.655. The van der Waals surface area contributed by atoms with Gasteiger partial charge in [-0.05, 0) is 38.1 Å². The van der Waals surface area contributed by atoms with E-state index in [1.165, 1.54) is 0 Å². The molecule has 0 saturated heterocycles. The molecule has 0 bridgehead atoms. The van der Waals surface area contributed by atoms with Crippen LogP contribution in [-0.4, -0.2) is 42.1 Å². The van der Waals surface area contributed by atoms with Crippen LogP contribution in [0.25, 0.3) is 5.13 Å². The molecular weight excluding hydrogens is 362 g/mol. The van der Waals surface area contributed by atoms with Crippen LogP contribution in [0.4, 0.5) is 10.8 Å². The van der Waals surface area contributed by atoms with E-state index < -0.39 is 0 Å². The first-order chi connectivity index (χ1) is 13.2. The molecule has 2 heterocycles. The van der Waals surface area contributed by atoms with E-state index in [-0.39, 0.29) is 0 Å². The number of hydrogen-bond acceptors (Lipinski definition) is 7. The molecule has 1 aromatic carbocycles. The number of ether oxygens (including phenoxy) is 2. The molecule has 3 aromatic rings. The maximum Gasteiger partial charge on any atom is 0.218 e. The van der Waals surface area contributed by atoms with Crippen molar-refractivity contribution in [3.05, 3.63) is 42.2 Å². The molecule has 0 unspecified atom stereocenters. The van der Waals surface area contributed by atoms with E-state index in [1.807, 2.05) is 30.5 Å². The molecule has 0 fully saturated rings. The van der Waals surface area contributed by atoms with Crippen LogP contribution in [0, 0.1) is 0 Å². The van der Waals surface area contributed by atoms with E-state index in [0.717, 1.165) is 34.7 Å². The number of rotatable bonds is 9. The molecule has 8 heteroatoms. The summed E-state index contributed by atoms with van der Waals surface area (Å²) in [5.41, 5.74) is 2.06. The van der Waals surface area contributed by atoms with Crippen LogP contribution in [0.3, 0.4) is 0 Å². The third-order valence-electron chi connectivity index (χ3n) is 4.33. The van der Waals surface area contributed by atoms with Crippen molar-refractivity contribution in [2.75, 3.05) is 37.5 Å². The second-order valence-corrected chi connectivity index (χ2v) is 6.77. The van der Waals surface area contributed by atoms with Gasteiger partial charge in [0.25, 0.3) is 0 Å². The number of methoxy groups -OCH3 is 2. The van der Waals surface area contributed by atoms with E-state index in [9.17, 15) is 0 Å². The molecule has 27 heavy (non-hydrogen) atoms. The first-order valence-corrected chi connectivity index (χ1v) is 9.72. The summed E-state index contributed by atoms with van der Waals surface area (Å²) in [6, 6.07) is 9.88. The molecule has 0 saturated carbocycles. The summed E-state index contributed by atoms with van der Waals surface area (Å²) >= 11 is 1.60. The Labute approximate surface area is 163 Å². The third-order valence-corrected chi connectivity index (χ3v) is 5.32. The van der Waals surface area contributed by atoms with Gasteiger partial charge >= 0.3 is 0 Å². The second-order valence-electron chi connectivity index (χ2n) is 5.83.